The molecular formula is C19H16Cl2N4O. The molecule has 2 aromatic carbocycles. The molecule has 0 atom stereocenters. The predicted octanol–water partition coefficient (Wildman–Crippen LogP) is 5.11. The molecule has 5 nitrogen and oxygen atoms in total. The number of carbonyl (C=O) groups excluding carboxylic acids is 1. The Morgan fingerprint density at radius 2 is 1.73 bits per heavy atom. The maximum Gasteiger partial charge on any atom is 0.274 e. The summed E-state index contributed by atoms with van der Waals surface area (Å²) < 4.78 is 0. The smallest absolute Gasteiger partial charge is 0.274 e. The van der Waals surface area contributed by atoms with Crippen LogP contribution in [0.1, 0.15) is 16.2 Å². The summed E-state index contributed by atoms with van der Waals surface area (Å²) in [7, 11) is 1.85. The summed E-state index contributed by atoms with van der Waals surface area (Å²) in [6.07, 6.45) is 0. The van der Waals surface area contributed by atoms with Gasteiger partial charge in [-0.1, -0.05) is 41.4 Å². The molecule has 3 rings (SSSR count). The number of para-hydroxylation sites is 1. The number of hydrogen-bond acceptors (Lipinski definition) is 4. The van der Waals surface area contributed by atoms with Crippen molar-refractivity contribution in [2.45, 2.75) is 6.92 Å². The lowest BCUT2D eigenvalue weighted by Crippen LogP contribution is -2.19. The van der Waals surface area contributed by atoms with Crippen molar-refractivity contribution in [1.29, 1.82) is 0 Å². The molecule has 0 unspecified atom stereocenters. The molecule has 0 fully saturated rings. The zero-order valence-electron chi connectivity index (χ0n) is 14.2. The lowest BCUT2D eigenvalue weighted by atomic mass is 10.2. The van der Waals surface area contributed by atoms with Gasteiger partial charge in [0, 0.05) is 24.1 Å². The van der Waals surface area contributed by atoms with Gasteiger partial charge in [0.25, 0.3) is 5.91 Å². The Balaban J connectivity index is 1.87. The molecular weight excluding hydrogens is 371 g/mol. The van der Waals surface area contributed by atoms with E-state index in [-0.39, 0.29) is 11.6 Å². The number of hydrogen-bond donors (Lipinski definition) is 1. The van der Waals surface area contributed by atoms with Crippen LogP contribution in [0.15, 0.2) is 54.6 Å². The molecule has 0 radical (unpaired) electrons. The van der Waals surface area contributed by atoms with Crippen LogP contribution >= 0.6 is 23.2 Å². The lowest BCUT2D eigenvalue weighted by Gasteiger charge is -2.18. The summed E-state index contributed by atoms with van der Waals surface area (Å²) >= 11 is 11.9. The number of aromatic nitrogens is 2. The van der Waals surface area contributed by atoms with Gasteiger partial charge >= 0.3 is 0 Å². The van der Waals surface area contributed by atoms with Crippen LogP contribution in [-0.4, -0.2) is 22.9 Å². The van der Waals surface area contributed by atoms with Crippen LogP contribution in [0.3, 0.4) is 0 Å². The van der Waals surface area contributed by atoms with Crippen molar-refractivity contribution in [3.05, 3.63) is 76.0 Å². The first-order chi connectivity index (χ1) is 12.4. The molecule has 1 aromatic heterocycles. The molecule has 0 bridgehead atoms. The highest BCUT2D eigenvalue weighted by molar-refractivity contribution is 6.42. The van der Waals surface area contributed by atoms with Crippen LogP contribution in [0, 0.1) is 6.92 Å². The van der Waals surface area contributed by atoms with Crippen molar-refractivity contribution < 1.29 is 4.79 Å². The van der Waals surface area contributed by atoms with Gasteiger partial charge < -0.3 is 10.2 Å². The second-order valence-electron chi connectivity index (χ2n) is 5.67. The number of carbonyl (C=O) groups is 1. The van der Waals surface area contributed by atoms with Crippen LogP contribution in [0.25, 0.3) is 0 Å². The Morgan fingerprint density at radius 1 is 1.00 bits per heavy atom. The Morgan fingerprint density at radius 3 is 2.42 bits per heavy atom. The van der Waals surface area contributed by atoms with Gasteiger partial charge in [0.1, 0.15) is 5.69 Å². The third kappa shape index (κ3) is 4.12. The molecule has 26 heavy (non-hydrogen) atoms. The molecule has 1 amide bonds. The van der Waals surface area contributed by atoms with E-state index >= 15 is 0 Å². The van der Waals surface area contributed by atoms with E-state index in [1.807, 2.05) is 49.2 Å². The third-order valence-electron chi connectivity index (χ3n) is 3.70. The van der Waals surface area contributed by atoms with Crippen molar-refractivity contribution in [1.82, 2.24) is 9.97 Å². The fourth-order valence-corrected chi connectivity index (χ4v) is 2.65. The van der Waals surface area contributed by atoms with Crippen LogP contribution < -0.4 is 10.2 Å². The van der Waals surface area contributed by atoms with E-state index in [2.05, 4.69) is 15.3 Å². The summed E-state index contributed by atoms with van der Waals surface area (Å²) in [4.78, 5) is 23.2. The van der Waals surface area contributed by atoms with Crippen molar-refractivity contribution in [3.63, 3.8) is 0 Å². The largest absolute Gasteiger partial charge is 0.321 e. The van der Waals surface area contributed by atoms with Crippen molar-refractivity contribution in [2.24, 2.45) is 0 Å². The minimum absolute atomic E-state index is 0.265. The Kier molecular flexibility index (Phi) is 5.40. The molecule has 1 N–H and O–H groups in total. The van der Waals surface area contributed by atoms with Crippen LogP contribution in [0.2, 0.25) is 10.0 Å². The summed E-state index contributed by atoms with van der Waals surface area (Å²) in [5.41, 5.74) is 2.42. The SMILES string of the molecule is Cc1cc(C(=O)Nc2ccc(Cl)c(Cl)c2)nc(N(C)c2ccccc2)n1. The first-order valence-electron chi connectivity index (χ1n) is 7.85. The number of halogens is 2. The van der Waals surface area contributed by atoms with Crippen LogP contribution in [0.5, 0.6) is 0 Å². The molecule has 0 aliphatic carbocycles. The average molecular weight is 387 g/mol. The van der Waals surface area contributed by atoms with E-state index in [9.17, 15) is 4.79 Å². The summed E-state index contributed by atoms with van der Waals surface area (Å²) in [6, 6.07) is 16.2. The lowest BCUT2D eigenvalue weighted by molar-refractivity contribution is 0.102. The van der Waals surface area contributed by atoms with Crippen LogP contribution in [0.4, 0.5) is 17.3 Å². The molecule has 0 aliphatic rings. The van der Waals surface area contributed by atoms with Crippen molar-refractivity contribution in [3.8, 4) is 0 Å². The molecule has 0 saturated carbocycles. The van der Waals surface area contributed by atoms with E-state index in [0.717, 1.165) is 5.69 Å². The topological polar surface area (TPSA) is 58.1 Å². The van der Waals surface area contributed by atoms with Gasteiger partial charge in [-0.2, -0.15) is 0 Å². The molecule has 7 heteroatoms. The third-order valence-corrected chi connectivity index (χ3v) is 4.44. The van der Waals surface area contributed by atoms with Crippen LogP contribution in [-0.2, 0) is 0 Å². The van der Waals surface area contributed by atoms with Gasteiger partial charge in [-0.3, -0.25) is 4.79 Å². The fourth-order valence-electron chi connectivity index (χ4n) is 2.36. The molecule has 132 valence electrons. The molecule has 1 heterocycles. The summed E-state index contributed by atoms with van der Waals surface area (Å²) in [6.45, 7) is 1.82. The van der Waals surface area contributed by atoms with E-state index in [1.165, 1.54) is 0 Å². The number of benzene rings is 2. The van der Waals surface area contributed by atoms with Crippen molar-refractivity contribution in [2.75, 3.05) is 17.3 Å². The van der Waals surface area contributed by atoms with Gasteiger partial charge in [0.2, 0.25) is 5.95 Å². The monoisotopic (exact) mass is 386 g/mol. The van der Waals surface area contributed by atoms with Gasteiger partial charge in [-0.25, -0.2) is 9.97 Å². The number of aryl methyl sites for hydroxylation is 1. The highest BCUT2D eigenvalue weighted by Crippen LogP contribution is 2.25. The van der Waals surface area contributed by atoms with Gasteiger partial charge in [0.05, 0.1) is 10.0 Å². The fraction of sp³-hybridized carbons (Fsp3) is 0.105. The Hall–Kier alpha value is -2.63. The van der Waals surface area contributed by atoms with Gasteiger partial charge in [0.15, 0.2) is 0 Å². The number of rotatable bonds is 4. The van der Waals surface area contributed by atoms with E-state index in [1.54, 1.807) is 24.3 Å². The average Bonchev–Trinajstić information content (AvgIpc) is 2.64. The number of nitrogens with one attached hydrogen (secondary N) is 1. The number of anilines is 3. The first-order valence-corrected chi connectivity index (χ1v) is 8.60. The molecule has 0 aliphatic heterocycles. The standard InChI is InChI=1S/C19H16Cl2N4O/c1-12-10-17(18(26)23-13-8-9-15(20)16(21)11-13)24-19(22-12)25(2)14-6-4-3-5-7-14/h3-11H,1-2H3,(H,23,26). The summed E-state index contributed by atoms with van der Waals surface area (Å²) in [5, 5.41) is 3.56. The van der Waals surface area contributed by atoms with Crippen molar-refractivity contribution >= 4 is 46.4 Å². The minimum Gasteiger partial charge on any atom is -0.321 e. The molecule has 0 saturated heterocycles. The highest BCUT2D eigenvalue weighted by atomic mass is 35.5. The maximum atomic E-state index is 12.6. The number of amides is 1. The Labute approximate surface area is 161 Å². The maximum absolute atomic E-state index is 12.6. The minimum atomic E-state index is -0.350. The Bertz CT molecular complexity index is 948. The number of nitrogens with zero attached hydrogens (tertiary/aromatic N) is 3. The molecule has 0 spiro atoms. The normalized spacial score (nSPS) is 10.5. The zero-order chi connectivity index (χ0) is 18.7. The van der Waals surface area contributed by atoms with E-state index in [4.69, 9.17) is 23.2 Å². The van der Waals surface area contributed by atoms with Gasteiger partial charge in [-0.05, 0) is 43.3 Å². The highest BCUT2D eigenvalue weighted by Gasteiger charge is 2.14. The quantitative estimate of drug-likeness (QED) is 0.676. The first kappa shape index (κ1) is 18.2. The van der Waals surface area contributed by atoms with Gasteiger partial charge in [-0.15, -0.1) is 0 Å². The zero-order valence-corrected chi connectivity index (χ0v) is 15.7. The molecule has 3 aromatic rings. The second kappa shape index (κ2) is 7.72. The second-order valence-corrected chi connectivity index (χ2v) is 6.49. The summed E-state index contributed by atoms with van der Waals surface area (Å²) in [5.74, 6) is 0.0899. The van der Waals surface area contributed by atoms with E-state index < -0.39 is 0 Å². The predicted molar refractivity (Wildman–Crippen MR) is 106 cm³/mol. The van der Waals surface area contributed by atoms with E-state index in [0.29, 0.717) is 27.4 Å².